The first-order valence-electron chi connectivity index (χ1n) is 4.64. The number of halogens is 1. The fraction of sp³-hybridized carbons (Fsp3) is 0.0833. The third-order valence-corrected chi connectivity index (χ3v) is 2.36. The Morgan fingerprint density at radius 3 is 2.60 bits per heavy atom. The van der Waals surface area contributed by atoms with E-state index >= 15 is 0 Å². The first-order chi connectivity index (χ1) is 7.34. The van der Waals surface area contributed by atoms with Gasteiger partial charge < -0.3 is 4.42 Å². The Hall–Kier alpha value is -1.35. The average molecular weight is 264 g/mol. The summed E-state index contributed by atoms with van der Waals surface area (Å²) in [5, 5.41) is 0. The van der Waals surface area contributed by atoms with Gasteiger partial charge in [0.15, 0.2) is 4.67 Å². The van der Waals surface area contributed by atoms with Crippen LogP contribution in [0.4, 0.5) is 0 Å². The van der Waals surface area contributed by atoms with Crippen molar-refractivity contribution in [3.8, 4) is 0 Å². The molecular formula is C12H10BrNO. The molecular weight excluding hydrogens is 254 g/mol. The molecule has 0 spiro atoms. The van der Waals surface area contributed by atoms with E-state index in [1.54, 1.807) is 6.21 Å². The molecule has 1 heterocycles. The zero-order valence-electron chi connectivity index (χ0n) is 8.06. The summed E-state index contributed by atoms with van der Waals surface area (Å²) in [7, 11) is 0. The normalized spacial score (nSPS) is 11.0. The Labute approximate surface area is 96.8 Å². The summed E-state index contributed by atoms with van der Waals surface area (Å²) in [4.78, 5) is 4.29. The van der Waals surface area contributed by atoms with Crippen molar-refractivity contribution < 1.29 is 4.42 Å². The summed E-state index contributed by atoms with van der Waals surface area (Å²) in [5.74, 6) is 0.762. The van der Waals surface area contributed by atoms with Crippen molar-refractivity contribution in [2.45, 2.75) is 6.54 Å². The summed E-state index contributed by atoms with van der Waals surface area (Å²) < 4.78 is 6.01. The molecule has 0 N–H and O–H groups in total. The van der Waals surface area contributed by atoms with Gasteiger partial charge in [-0.05, 0) is 33.6 Å². The molecule has 0 unspecified atom stereocenters. The van der Waals surface area contributed by atoms with Crippen molar-refractivity contribution >= 4 is 22.1 Å². The van der Waals surface area contributed by atoms with E-state index in [1.807, 2.05) is 30.3 Å². The van der Waals surface area contributed by atoms with Gasteiger partial charge in [-0.2, -0.15) is 0 Å². The second-order valence-electron chi connectivity index (χ2n) is 3.10. The minimum Gasteiger partial charge on any atom is -0.448 e. The minimum atomic E-state index is 0.680. The maximum absolute atomic E-state index is 5.29. The van der Waals surface area contributed by atoms with E-state index in [1.165, 1.54) is 5.56 Å². The fourth-order valence-corrected chi connectivity index (χ4v) is 1.54. The van der Waals surface area contributed by atoms with E-state index in [-0.39, 0.29) is 0 Å². The van der Waals surface area contributed by atoms with Crippen LogP contribution in [-0.2, 0) is 6.54 Å². The van der Waals surface area contributed by atoms with Crippen LogP contribution < -0.4 is 0 Å². The Morgan fingerprint density at radius 2 is 1.93 bits per heavy atom. The summed E-state index contributed by atoms with van der Waals surface area (Å²) >= 11 is 3.24. The topological polar surface area (TPSA) is 25.5 Å². The number of furan rings is 1. The van der Waals surface area contributed by atoms with Gasteiger partial charge in [-0.15, -0.1) is 0 Å². The zero-order valence-corrected chi connectivity index (χ0v) is 9.65. The predicted molar refractivity (Wildman–Crippen MR) is 64.1 cm³/mol. The van der Waals surface area contributed by atoms with Crippen LogP contribution in [-0.4, -0.2) is 6.21 Å². The lowest BCUT2D eigenvalue weighted by atomic mass is 10.2. The van der Waals surface area contributed by atoms with Crippen molar-refractivity contribution in [1.82, 2.24) is 0 Å². The van der Waals surface area contributed by atoms with Gasteiger partial charge >= 0.3 is 0 Å². The van der Waals surface area contributed by atoms with Gasteiger partial charge in [-0.25, -0.2) is 0 Å². The molecule has 0 amide bonds. The summed E-state index contributed by atoms with van der Waals surface area (Å²) in [6.45, 7) is 0.680. The first-order valence-corrected chi connectivity index (χ1v) is 5.43. The van der Waals surface area contributed by atoms with Crippen LogP contribution in [0.5, 0.6) is 0 Å². The molecule has 0 bridgehead atoms. The average Bonchev–Trinajstić information content (AvgIpc) is 2.66. The molecule has 1 aromatic carbocycles. The molecule has 0 saturated carbocycles. The summed E-state index contributed by atoms with van der Waals surface area (Å²) in [6.07, 6.45) is 1.73. The summed E-state index contributed by atoms with van der Waals surface area (Å²) in [5.41, 5.74) is 1.19. The largest absolute Gasteiger partial charge is 0.448 e. The van der Waals surface area contributed by atoms with Crippen molar-refractivity contribution in [1.29, 1.82) is 0 Å². The molecule has 0 aliphatic heterocycles. The lowest BCUT2D eigenvalue weighted by molar-refractivity contribution is 0.534. The molecule has 2 aromatic rings. The smallest absolute Gasteiger partial charge is 0.169 e. The highest BCUT2D eigenvalue weighted by Gasteiger charge is 1.94. The van der Waals surface area contributed by atoms with Crippen LogP contribution in [0.25, 0.3) is 0 Å². The molecule has 1 aromatic heterocycles. The molecule has 2 nitrogen and oxygen atoms in total. The highest BCUT2D eigenvalue weighted by atomic mass is 79.9. The van der Waals surface area contributed by atoms with Gasteiger partial charge in [-0.3, -0.25) is 4.99 Å². The van der Waals surface area contributed by atoms with E-state index in [0.717, 1.165) is 10.4 Å². The molecule has 0 fully saturated rings. The van der Waals surface area contributed by atoms with Crippen molar-refractivity contribution in [2.24, 2.45) is 4.99 Å². The number of nitrogens with zero attached hydrogens (tertiary/aromatic N) is 1. The molecule has 0 aliphatic carbocycles. The lowest BCUT2D eigenvalue weighted by Crippen LogP contribution is -1.81. The third-order valence-electron chi connectivity index (χ3n) is 1.93. The number of benzene rings is 1. The predicted octanol–water partition coefficient (Wildman–Crippen LogP) is 3.66. The number of aliphatic imine (C=N–C) groups is 1. The van der Waals surface area contributed by atoms with E-state index in [0.29, 0.717) is 6.54 Å². The fourth-order valence-electron chi connectivity index (χ4n) is 1.22. The van der Waals surface area contributed by atoms with Gasteiger partial charge in [0.05, 0.1) is 12.8 Å². The van der Waals surface area contributed by atoms with Crippen LogP contribution >= 0.6 is 15.9 Å². The van der Waals surface area contributed by atoms with Crippen LogP contribution in [0.2, 0.25) is 0 Å². The molecule has 76 valence electrons. The van der Waals surface area contributed by atoms with Crippen LogP contribution in [0.15, 0.2) is 56.5 Å². The van der Waals surface area contributed by atoms with E-state index in [4.69, 9.17) is 4.42 Å². The Balaban J connectivity index is 1.96. The van der Waals surface area contributed by atoms with Gasteiger partial charge in [0, 0.05) is 0 Å². The maximum Gasteiger partial charge on any atom is 0.169 e. The second kappa shape index (κ2) is 4.94. The molecule has 0 radical (unpaired) electrons. The highest BCUT2D eigenvalue weighted by Crippen LogP contribution is 2.12. The van der Waals surface area contributed by atoms with Crippen LogP contribution in [0, 0.1) is 0 Å². The van der Waals surface area contributed by atoms with E-state index in [9.17, 15) is 0 Å². The maximum atomic E-state index is 5.29. The third kappa shape index (κ3) is 3.06. The van der Waals surface area contributed by atoms with Crippen LogP contribution in [0.3, 0.4) is 0 Å². The van der Waals surface area contributed by atoms with Gasteiger partial charge in [-0.1, -0.05) is 30.3 Å². The number of hydrogen-bond acceptors (Lipinski definition) is 2. The number of rotatable bonds is 3. The minimum absolute atomic E-state index is 0.680. The van der Waals surface area contributed by atoms with Gasteiger partial charge in [0.2, 0.25) is 0 Å². The lowest BCUT2D eigenvalue weighted by Gasteiger charge is -1.93. The quantitative estimate of drug-likeness (QED) is 0.776. The Morgan fingerprint density at radius 1 is 1.13 bits per heavy atom. The molecule has 2 rings (SSSR count). The molecule has 3 heteroatoms. The monoisotopic (exact) mass is 263 g/mol. The molecule has 0 atom stereocenters. The van der Waals surface area contributed by atoms with Gasteiger partial charge in [0.1, 0.15) is 5.76 Å². The molecule has 15 heavy (non-hydrogen) atoms. The van der Waals surface area contributed by atoms with Gasteiger partial charge in [0.25, 0.3) is 0 Å². The Bertz CT molecular complexity index is 448. The SMILES string of the molecule is Brc1ccc(C=NCc2ccccc2)o1. The molecule has 0 aliphatic rings. The molecule has 0 saturated heterocycles. The standard InChI is InChI=1S/C12H10BrNO/c13-12-7-6-11(15-12)9-14-8-10-4-2-1-3-5-10/h1-7,9H,8H2. The first kappa shape index (κ1) is 10.2. The van der Waals surface area contributed by atoms with E-state index < -0.39 is 0 Å². The van der Waals surface area contributed by atoms with E-state index in [2.05, 4.69) is 33.1 Å². The summed E-state index contributed by atoms with van der Waals surface area (Å²) in [6, 6.07) is 13.8. The second-order valence-corrected chi connectivity index (χ2v) is 3.88. The number of hydrogen-bond donors (Lipinski definition) is 0. The van der Waals surface area contributed by atoms with Crippen molar-refractivity contribution in [2.75, 3.05) is 0 Å². The highest BCUT2D eigenvalue weighted by molar-refractivity contribution is 9.10. The van der Waals surface area contributed by atoms with Crippen molar-refractivity contribution in [3.63, 3.8) is 0 Å². The van der Waals surface area contributed by atoms with Crippen molar-refractivity contribution in [3.05, 3.63) is 58.5 Å². The zero-order chi connectivity index (χ0) is 10.5. The Kier molecular flexibility index (Phi) is 3.35. The van der Waals surface area contributed by atoms with Crippen LogP contribution in [0.1, 0.15) is 11.3 Å².